The molecule has 4 heteroatoms. The predicted octanol–water partition coefficient (Wildman–Crippen LogP) is -0.445. The Labute approximate surface area is 74.2 Å². The average Bonchev–Trinajstić information content (AvgIpc) is 1.86. The Hall–Kier alpha value is -0.870. The maximum atomic E-state index is 10.2. The summed E-state index contributed by atoms with van der Waals surface area (Å²) in [6.07, 6.45) is 0.495. The van der Waals surface area contributed by atoms with Crippen molar-refractivity contribution in [3.8, 4) is 0 Å². The topological polar surface area (TPSA) is 72.3 Å². The van der Waals surface area contributed by atoms with Gasteiger partial charge in [0, 0.05) is 5.57 Å². The van der Waals surface area contributed by atoms with Crippen molar-refractivity contribution < 1.29 is 4.79 Å². The van der Waals surface area contributed by atoms with Crippen molar-refractivity contribution in [1.29, 1.82) is 0 Å². The molecular formula is C8H19N3O. The number of carbonyl (C=O) groups excluding carboxylic acids is 1. The average molecular weight is 173 g/mol. The molecule has 0 aromatic carbocycles. The van der Waals surface area contributed by atoms with Gasteiger partial charge in [-0.25, -0.2) is 0 Å². The lowest BCUT2D eigenvalue weighted by Crippen LogP contribution is -2.15. The number of rotatable bonds is 3. The molecule has 0 aliphatic heterocycles. The Morgan fingerprint density at radius 3 is 1.83 bits per heavy atom. The molecule has 1 amide bonds. The molecule has 0 atom stereocenters. The Balaban J connectivity index is 0. The standard InChI is InChI=1S/C5H10N2O.C3H9N/c1-4(2-3-6)5(7)8;1-4(2)3/h1-3,6H2,(H2,7,8);1-3H3. The molecular weight excluding hydrogens is 154 g/mol. The number of nitrogens with two attached hydrogens (primary N) is 2. The highest BCUT2D eigenvalue weighted by Gasteiger charge is 1.96. The van der Waals surface area contributed by atoms with Crippen LogP contribution in [0.3, 0.4) is 0 Å². The van der Waals surface area contributed by atoms with E-state index in [1.165, 1.54) is 0 Å². The first-order chi connectivity index (χ1) is 5.41. The van der Waals surface area contributed by atoms with Crippen LogP contribution in [-0.2, 0) is 4.79 Å². The fourth-order valence-electron chi connectivity index (χ4n) is 0.297. The van der Waals surface area contributed by atoms with E-state index in [1.54, 1.807) is 0 Å². The third-order valence-corrected chi connectivity index (χ3v) is 0.795. The van der Waals surface area contributed by atoms with Crippen LogP contribution in [0.25, 0.3) is 0 Å². The number of hydrogen-bond donors (Lipinski definition) is 2. The molecule has 4 N–H and O–H groups in total. The monoisotopic (exact) mass is 173 g/mol. The Kier molecular flexibility index (Phi) is 9.40. The largest absolute Gasteiger partial charge is 0.366 e. The van der Waals surface area contributed by atoms with Crippen LogP contribution in [0, 0.1) is 0 Å². The number of nitrogens with zero attached hydrogens (tertiary/aromatic N) is 1. The molecule has 0 aromatic rings. The highest BCUT2D eigenvalue weighted by molar-refractivity contribution is 5.91. The summed E-state index contributed by atoms with van der Waals surface area (Å²) in [4.78, 5) is 12.2. The van der Waals surface area contributed by atoms with Gasteiger partial charge in [0.05, 0.1) is 0 Å². The van der Waals surface area contributed by atoms with Gasteiger partial charge < -0.3 is 16.4 Å². The summed E-state index contributed by atoms with van der Waals surface area (Å²) in [5.74, 6) is -0.463. The SMILES string of the molecule is C=C(CCN)C(N)=O.CN(C)C. The van der Waals surface area contributed by atoms with Gasteiger partial charge >= 0.3 is 0 Å². The summed E-state index contributed by atoms with van der Waals surface area (Å²) in [5.41, 5.74) is 10.3. The smallest absolute Gasteiger partial charge is 0.244 e. The molecule has 0 unspecified atom stereocenters. The predicted molar refractivity (Wildman–Crippen MR) is 51.6 cm³/mol. The van der Waals surface area contributed by atoms with Gasteiger partial charge in [0.25, 0.3) is 0 Å². The number of amides is 1. The molecule has 4 nitrogen and oxygen atoms in total. The van der Waals surface area contributed by atoms with Crippen molar-refractivity contribution >= 4 is 5.91 Å². The van der Waals surface area contributed by atoms with E-state index < -0.39 is 5.91 Å². The third kappa shape index (κ3) is 16.1. The lowest BCUT2D eigenvalue weighted by atomic mass is 10.2. The molecule has 0 aliphatic carbocycles. The van der Waals surface area contributed by atoms with Gasteiger partial charge in [-0.05, 0) is 34.1 Å². The Morgan fingerprint density at radius 2 is 1.75 bits per heavy atom. The van der Waals surface area contributed by atoms with E-state index in [2.05, 4.69) is 6.58 Å². The lowest BCUT2D eigenvalue weighted by Gasteiger charge is -1.93. The Bertz CT molecular complexity index is 140. The normalized spacial score (nSPS) is 8.75. The fourth-order valence-corrected chi connectivity index (χ4v) is 0.297. The second kappa shape index (κ2) is 8.23. The van der Waals surface area contributed by atoms with Gasteiger partial charge in [-0.1, -0.05) is 6.58 Å². The molecule has 0 saturated heterocycles. The minimum atomic E-state index is -0.463. The fraction of sp³-hybridized carbons (Fsp3) is 0.625. The minimum absolute atomic E-state index is 0.396. The van der Waals surface area contributed by atoms with Gasteiger partial charge in [-0.2, -0.15) is 0 Å². The van der Waals surface area contributed by atoms with E-state index in [4.69, 9.17) is 11.5 Å². The first-order valence-corrected chi connectivity index (χ1v) is 3.70. The van der Waals surface area contributed by atoms with Crippen LogP contribution in [0.15, 0.2) is 12.2 Å². The second-order valence-electron chi connectivity index (χ2n) is 2.85. The molecule has 0 aliphatic rings. The molecule has 0 heterocycles. The highest BCUT2D eigenvalue weighted by Crippen LogP contribution is 1.91. The molecule has 0 fully saturated rings. The van der Waals surface area contributed by atoms with Crippen molar-refractivity contribution in [3.63, 3.8) is 0 Å². The van der Waals surface area contributed by atoms with E-state index >= 15 is 0 Å². The summed E-state index contributed by atoms with van der Waals surface area (Å²) < 4.78 is 0. The van der Waals surface area contributed by atoms with Crippen LogP contribution in [0.4, 0.5) is 0 Å². The van der Waals surface area contributed by atoms with E-state index in [-0.39, 0.29) is 0 Å². The third-order valence-electron chi connectivity index (χ3n) is 0.795. The number of hydrogen-bond acceptors (Lipinski definition) is 3. The maximum Gasteiger partial charge on any atom is 0.244 e. The highest BCUT2D eigenvalue weighted by atomic mass is 16.1. The van der Waals surface area contributed by atoms with Crippen molar-refractivity contribution in [2.75, 3.05) is 27.7 Å². The van der Waals surface area contributed by atoms with Gasteiger partial charge in [0.2, 0.25) is 5.91 Å². The molecule has 72 valence electrons. The molecule has 0 aromatic heterocycles. The summed E-state index contributed by atoms with van der Waals surface area (Å²) in [6.45, 7) is 3.82. The van der Waals surface area contributed by atoms with E-state index in [0.29, 0.717) is 18.5 Å². The summed E-state index contributed by atoms with van der Waals surface area (Å²) in [5, 5.41) is 0. The van der Waals surface area contributed by atoms with Gasteiger partial charge in [-0.3, -0.25) is 4.79 Å². The quantitative estimate of drug-likeness (QED) is 0.568. The molecule has 0 radical (unpaired) electrons. The first-order valence-electron chi connectivity index (χ1n) is 3.70. The van der Waals surface area contributed by atoms with Crippen LogP contribution in [0.1, 0.15) is 6.42 Å². The zero-order valence-electron chi connectivity index (χ0n) is 8.13. The molecule has 0 spiro atoms. The summed E-state index contributed by atoms with van der Waals surface area (Å²) in [6, 6.07) is 0. The van der Waals surface area contributed by atoms with Crippen LogP contribution in [0.5, 0.6) is 0 Å². The van der Waals surface area contributed by atoms with Gasteiger partial charge in [0.15, 0.2) is 0 Å². The molecule has 12 heavy (non-hydrogen) atoms. The van der Waals surface area contributed by atoms with Crippen molar-refractivity contribution in [1.82, 2.24) is 4.90 Å². The Morgan fingerprint density at radius 1 is 1.42 bits per heavy atom. The van der Waals surface area contributed by atoms with Gasteiger partial charge in [0.1, 0.15) is 0 Å². The summed E-state index contributed by atoms with van der Waals surface area (Å²) >= 11 is 0. The maximum absolute atomic E-state index is 10.2. The molecule has 0 saturated carbocycles. The van der Waals surface area contributed by atoms with Crippen molar-refractivity contribution in [2.24, 2.45) is 11.5 Å². The van der Waals surface area contributed by atoms with E-state index in [0.717, 1.165) is 0 Å². The number of carbonyl (C=O) groups is 1. The van der Waals surface area contributed by atoms with Crippen LogP contribution in [0.2, 0.25) is 0 Å². The van der Waals surface area contributed by atoms with Crippen LogP contribution in [-0.4, -0.2) is 38.5 Å². The number of primary amides is 1. The zero-order chi connectivity index (χ0) is 10.1. The van der Waals surface area contributed by atoms with Crippen molar-refractivity contribution in [2.45, 2.75) is 6.42 Å². The van der Waals surface area contributed by atoms with Crippen LogP contribution < -0.4 is 11.5 Å². The van der Waals surface area contributed by atoms with Crippen molar-refractivity contribution in [3.05, 3.63) is 12.2 Å². The minimum Gasteiger partial charge on any atom is -0.366 e. The zero-order valence-corrected chi connectivity index (χ0v) is 8.13. The van der Waals surface area contributed by atoms with Gasteiger partial charge in [-0.15, -0.1) is 0 Å². The second-order valence-corrected chi connectivity index (χ2v) is 2.85. The molecule has 0 rings (SSSR count). The van der Waals surface area contributed by atoms with E-state index in [9.17, 15) is 4.79 Å². The van der Waals surface area contributed by atoms with Crippen LogP contribution >= 0.6 is 0 Å². The first kappa shape index (κ1) is 13.7. The molecule has 0 bridgehead atoms. The summed E-state index contributed by atoms with van der Waals surface area (Å²) in [7, 11) is 6.00. The lowest BCUT2D eigenvalue weighted by molar-refractivity contribution is -0.114. The van der Waals surface area contributed by atoms with E-state index in [1.807, 2.05) is 26.0 Å².